The normalized spacial score (nSPS) is 14.3. The molecule has 1 aromatic carbocycles. The fourth-order valence-electron chi connectivity index (χ4n) is 2.45. The van der Waals surface area contributed by atoms with Gasteiger partial charge in [0.1, 0.15) is 0 Å². The number of nitrogens with zero attached hydrogens (tertiary/aromatic N) is 1. The Bertz CT molecular complexity index is 571. The van der Waals surface area contributed by atoms with Crippen molar-refractivity contribution in [3.63, 3.8) is 0 Å². The minimum atomic E-state index is -0.167. The van der Waals surface area contributed by atoms with Crippen molar-refractivity contribution in [2.75, 3.05) is 32.8 Å². The maximum absolute atomic E-state index is 12.1. The molecule has 0 spiro atoms. The van der Waals surface area contributed by atoms with Crippen molar-refractivity contribution in [2.45, 2.75) is 26.9 Å². The first-order chi connectivity index (χ1) is 12.0. The second-order valence-electron chi connectivity index (χ2n) is 6.54. The summed E-state index contributed by atoms with van der Waals surface area (Å²) >= 11 is 0. The number of nitrogens with one attached hydrogen (secondary N) is 3. The Morgan fingerprint density at radius 1 is 1.08 bits per heavy atom. The third-order valence-electron chi connectivity index (χ3n) is 3.86. The molecule has 7 heteroatoms. The van der Waals surface area contributed by atoms with Crippen molar-refractivity contribution in [1.82, 2.24) is 20.9 Å². The van der Waals surface area contributed by atoms with Crippen LogP contribution in [0.2, 0.25) is 0 Å². The molecule has 3 N–H and O–H groups in total. The largest absolute Gasteiger partial charge is 0.378 e. The summed E-state index contributed by atoms with van der Waals surface area (Å²) in [6.07, 6.45) is 0. The molecule has 0 bridgehead atoms. The van der Waals surface area contributed by atoms with Gasteiger partial charge in [-0.2, -0.15) is 0 Å². The molecular weight excluding hydrogens is 320 g/mol. The minimum absolute atomic E-state index is 0.0695. The first-order valence-corrected chi connectivity index (χ1v) is 8.74. The lowest BCUT2D eigenvalue weighted by Crippen LogP contribution is -2.45. The molecule has 138 valence electrons. The molecule has 0 aliphatic carbocycles. The van der Waals surface area contributed by atoms with Gasteiger partial charge in [0.25, 0.3) is 0 Å². The average Bonchev–Trinajstić information content (AvgIpc) is 2.63. The highest BCUT2D eigenvalue weighted by Crippen LogP contribution is 2.06. The molecule has 1 saturated heterocycles. The van der Waals surface area contributed by atoms with Crippen LogP contribution in [0, 0.1) is 5.92 Å². The zero-order valence-corrected chi connectivity index (χ0v) is 15.0. The average molecular weight is 348 g/mol. The molecule has 1 aliphatic rings. The Morgan fingerprint density at radius 2 is 1.72 bits per heavy atom. The molecule has 1 aliphatic heterocycles. The van der Waals surface area contributed by atoms with E-state index in [0.717, 1.165) is 11.1 Å². The van der Waals surface area contributed by atoms with Crippen LogP contribution in [0.5, 0.6) is 0 Å². The lowest BCUT2D eigenvalue weighted by atomic mass is 10.1. The van der Waals surface area contributed by atoms with E-state index in [1.165, 1.54) is 0 Å². The Morgan fingerprint density at radius 3 is 2.36 bits per heavy atom. The number of morpholine rings is 1. The van der Waals surface area contributed by atoms with Crippen LogP contribution in [0.25, 0.3) is 0 Å². The first kappa shape index (κ1) is 19.1. The number of carbonyl (C=O) groups excluding carboxylic acids is 2. The third kappa shape index (κ3) is 7.01. The molecule has 1 heterocycles. The number of benzene rings is 1. The van der Waals surface area contributed by atoms with Gasteiger partial charge >= 0.3 is 12.1 Å². The maximum atomic E-state index is 12.1. The summed E-state index contributed by atoms with van der Waals surface area (Å²) in [6, 6.07) is 7.60. The lowest BCUT2D eigenvalue weighted by Gasteiger charge is -2.27. The number of amides is 4. The molecule has 0 radical (unpaired) electrons. The number of carbonyl (C=O) groups is 2. The number of urea groups is 2. The van der Waals surface area contributed by atoms with Gasteiger partial charge in [0.2, 0.25) is 0 Å². The van der Waals surface area contributed by atoms with E-state index in [4.69, 9.17) is 4.74 Å². The number of rotatable bonds is 6. The number of ether oxygens (including phenoxy) is 1. The summed E-state index contributed by atoms with van der Waals surface area (Å²) in [7, 11) is 0. The summed E-state index contributed by atoms with van der Waals surface area (Å²) in [6.45, 7) is 8.10. The van der Waals surface area contributed by atoms with Crippen molar-refractivity contribution >= 4 is 12.1 Å². The van der Waals surface area contributed by atoms with Crippen molar-refractivity contribution in [3.8, 4) is 0 Å². The second kappa shape index (κ2) is 9.88. The van der Waals surface area contributed by atoms with Crippen molar-refractivity contribution < 1.29 is 14.3 Å². The Labute approximate surface area is 149 Å². The standard InChI is InChI=1S/C18H28N4O3/c1-14(2)11-19-17(23)20-12-15-4-3-5-16(10-15)13-21-18(24)22-6-8-25-9-7-22/h3-5,10,14H,6-9,11-13H2,1-2H3,(H,21,24)(H2,19,20,23). The summed E-state index contributed by atoms with van der Waals surface area (Å²) in [5, 5.41) is 8.58. The molecule has 0 atom stereocenters. The minimum Gasteiger partial charge on any atom is -0.378 e. The zero-order valence-electron chi connectivity index (χ0n) is 15.0. The highest BCUT2D eigenvalue weighted by atomic mass is 16.5. The van der Waals surface area contributed by atoms with Gasteiger partial charge in [-0.3, -0.25) is 0 Å². The second-order valence-corrected chi connectivity index (χ2v) is 6.54. The van der Waals surface area contributed by atoms with Crippen LogP contribution >= 0.6 is 0 Å². The van der Waals surface area contributed by atoms with Crippen molar-refractivity contribution in [2.24, 2.45) is 5.92 Å². The molecule has 25 heavy (non-hydrogen) atoms. The smallest absolute Gasteiger partial charge is 0.317 e. The molecule has 0 aromatic heterocycles. The molecule has 1 aromatic rings. The molecule has 7 nitrogen and oxygen atoms in total. The molecule has 0 unspecified atom stereocenters. The fourth-order valence-corrected chi connectivity index (χ4v) is 2.45. The van der Waals surface area contributed by atoms with Crippen LogP contribution in [0.4, 0.5) is 9.59 Å². The number of hydrogen-bond acceptors (Lipinski definition) is 3. The predicted molar refractivity (Wildman–Crippen MR) is 96.1 cm³/mol. The zero-order chi connectivity index (χ0) is 18.1. The lowest BCUT2D eigenvalue weighted by molar-refractivity contribution is 0.0531. The quantitative estimate of drug-likeness (QED) is 0.731. The van der Waals surface area contributed by atoms with Gasteiger partial charge < -0.3 is 25.6 Å². The molecule has 4 amide bonds. The van der Waals surface area contributed by atoms with Gasteiger partial charge in [0.05, 0.1) is 13.2 Å². The van der Waals surface area contributed by atoms with Gasteiger partial charge in [0.15, 0.2) is 0 Å². The maximum Gasteiger partial charge on any atom is 0.317 e. The fraction of sp³-hybridized carbons (Fsp3) is 0.556. The van der Waals surface area contributed by atoms with Crippen LogP contribution in [0.15, 0.2) is 24.3 Å². The van der Waals surface area contributed by atoms with Crippen LogP contribution in [0.1, 0.15) is 25.0 Å². The molecule has 1 fully saturated rings. The van der Waals surface area contributed by atoms with E-state index in [2.05, 4.69) is 29.8 Å². The van der Waals surface area contributed by atoms with E-state index in [-0.39, 0.29) is 12.1 Å². The molecule has 0 saturated carbocycles. The van der Waals surface area contributed by atoms with E-state index < -0.39 is 0 Å². The van der Waals surface area contributed by atoms with E-state index in [1.54, 1.807) is 4.90 Å². The Balaban J connectivity index is 1.76. The van der Waals surface area contributed by atoms with Crippen LogP contribution in [0.3, 0.4) is 0 Å². The SMILES string of the molecule is CC(C)CNC(=O)NCc1cccc(CNC(=O)N2CCOCC2)c1. The van der Waals surface area contributed by atoms with E-state index in [0.29, 0.717) is 51.9 Å². The van der Waals surface area contributed by atoms with E-state index in [1.807, 2.05) is 24.3 Å². The van der Waals surface area contributed by atoms with Crippen molar-refractivity contribution in [3.05, 3.63) is 35.4 Å². The Hall–Kier alpha value is -2.28. The third-order valence-corrected chi connectivity index (χ3v) is 3.86. The summed E-state index contributed by atoms with van der Waals surface area (Å²) in [4.78, 5) is 25.6. The predicted octanol–water partition coefficient (Wildman–Crippen LogP) is 1.68. The topological polar surface area (TPSA) is 82.7 Å². The first-order valence-electron chi connectivity index (χ1n) is 8.74. The number of hydrogen-bond donors (Lipinski definition) is 3. The van der Waals surface area contributed by atoms with Gasteiger partial charge in [-0.1, -0.05) is 38.1 Å². The summed E-state index contributed by atoms with van der Waals surface area (Å²) in [5.74, 6) is 0.421. The van der Waals surface area contributed by atoms with E-state index in [9.17, 15) is 9.59 Å². The highest BCUT2D eigenvalue weighted by Gasteiger charge is 2.16. The Kier molecular flexibility index (Phi) is 7.53. The van der Waals surface area contributed by atoms with Gasteiger partial charge in [-0.15, -0.1) is 0 Å². The van der Waals surface area contributed by atoms with Crippen LogP contribution in [-0.2, 0) is 17.8 Å². The van der Waals surface area contributed by atoms with Crippen molar-refractivity contribution in [1.29, 1.82) is 0 Å². The highest BCUT2D eigenvalue weighted by molar-refractivity contribution is 5.74. The van der Waals surface area contributed by atoms with Gasteiger partial charge in [0, 0.05) is 32.7 Å². The summed E-state index contributed by atoms with van der Waals surface area (Å²) < 4.78 is 5.24. The van der Waals surface area contributed by atoms with E-state index >= 15 is 0 Å². The molecule has 2 rings (SSSR count). The van der Waals surface area contributed by atoms with Crippen LogP contribution in [-0.4, -0.2) is 49.8 Å². The molecular formula is C18H28N4O3. The van der Waals surface area contributed by atoms with Gasteiger partial charge in [-0.25, -0.2) is 9.59 Å². The monoisotopic (exact) mass is 348 g/mol. The van der Waals surface area contributed by atoms with Crippen LogP contribution < -0.4 is 16.0 Å². The summed E-state index contributed by atoms with van der Waals surface area (Å²) in [5.41, 5.74) is 2.00. The van der Waals surface area contributed by atoms with Gasteiger partial charge in [-0.05, 0) is 17.0 Å².